The molecule has 1 unspecified atom stereocenters. The molecule has 0 radical (unpaired) electrons. The molecule has 3 rings (SSSR count). The summed E-state index contributed by atoms with van der Waals surface area (Å²) >= 11 is 0. The maximum Gasteiger partial charge on any atom is 0.471 e. The van der Waals surface area contributed by atoms with Gasteiger partial charge in [0.25, 0.3) is 0 Å². The number of aromatic nitrogens is 2. The van der Waals surface area contributed by atoms with E-state index in [-0.39, 0.29) is 5.82 Å². The highest BCUT2D eigenvalue weighted by Gasteiger charge is 2.39. The van der Waals surface area contributed by atoms with Gasteiger partial charge in [-0.05, 0) is 23.3 Å². The fraction of sp³-hybridized carbons (Fsp3) is 0.333. The highest BCUT2D eigenvalue weighted by atomic mass is 19.4. The third-order valence-electron chi connectivity index (χ3n) is 3.04. The van der Waals surface area contributed by atoms with Crippen LogP contribution in [0.1, 0.15) is 28.9 Å². The van der Waals surface area contributed by atoms with Crippen LogP contribution in [0.2, 0.25) is 0 Å². The summed E-state index contributed by atoms with van der Waals surface area (Å²) in [6.07, 6.45) is -3.92. The molecule has 0 fully saturated rings. The van der Waals surface area contributed by atoms with Crippen LogP contribution in [0.5, 0.6) is 5.75 Å². The van der Waals surface area contributed by atoms with Crippen molar-refractivity contribution in [1.82, 2.24) is 10.1 Å². The first-order chi connectivity index (χ1) is 9.45. The van der Waals surface area contributed by atoms with Crippen LogP contribution >= 0.6 is 0 Å². The Kier molecular flexibility index (Phi) is 2.89. The molecule has 8 heteroatoms. The van der Waals surface area contributed by atoms with E-state index in [1.54, 1.807) is 18.2 Å². The topological polar surface area (TPSA) is 74.2 Å². The van der Waals surface area contributed by atoms with Gasteiger partial charge in [-0.3, -0.25) is 0 Å². The van der Waals surface area contributed by atoms with Gasteiger partial charge in [-0.2, -0.15) is 18.2 Å². The second-order valence-corrected chi connectivity index (χ2v) is 4.40. The summed E-state index contributed by atoms with van der Waals surface area (Å²) in [6.45, 7) is 0.592. The normalized spacial score (nSPS) is 15.8. The first kappa shape index (κ1) is 12.9. The second-order valence-electron chi connectivity index (χ2n) is 4.40. The lowest BCUT2D eigenvalue weighted by Gasteiger charge is -2.09. The molecule has 0 saturated heterocycles. The van der Waals surface area contributed by atoms with E-state index in [2.05, 4.69) is 14.7 Å². The largest absolute Gasteiger partial charge is 0.493 e. The minimum atomic E-state index is -4.67. The molecular weight excluding hydrogens is 275 g/mol. The van der Waals surface area contributed by atoms with E-state index in [0.29, 0.717) is 12.2 Å². The number of hydrogen-bond acceptors (Lipinski definition) is 5. The average molecular weight is 285 g/mol. The van der Waals surface area contributed by atoms with Crippen LogP contribution in [-0.2, 0) is 12.6 Å². The summed E-state index contributed by atoms with van der Waals surface area (Å²) < 4.78 is 46.7. The number of benzene rings is 1. The number of hydrogen-bond donors (Lipinski definition) is 1. The number of nitrogens with two attached hydrogens (primary N) is 1. The van der Waals surface area contributed by atoms with Crippen molar-refractivity contribution in [2.24, 2.45) is 5.73 Å². The van der Waals surface area contributed by atoms with Crippen LogP contribution in [0.15, 0.2) is 22.7 Å². The van der Waals surface area contributed by atoms with Crippen LogP contribution in [-0.4, -0.2) is 16.7 Å². The van der Waals surface area contributed by atoms with Gasteiger partial charge in [0.1, 0.15) is 5.75 Å². The zero-order valence-electron chi connectivity index (χ0n) is 10.1. The van der Waals surface area contributed by atoms with Gasteiger partial charge in [0.05, 0.1) is 12.6 Å². The van der Waals surface area contributed by atoms with E-state index in [9.17, 15) is 13.2 Å². The number of ether oxygens (including phenoxy) is 1. The Morgan fingerprint density at radius 2 is 2.10 bits per heavy atom. The third kappa shape index (κ3) is 2.22. The van der Waals surface area contributed by atoms with Crippen molar-refractivity contribution in [2.45, 2.75) is 18.6 Å². The summed E-state index contributed by atoms with van der Waals surface area (Å²) in [5, 5.41) is 3.29. The number of alkyl halides is 3. The van der Waals surface area contributed by atoms with Crippen LogP contribution in [0.3, 0.4) is 0 Å². The summed E-state index contributed by atoms with van der Waals surface area (Å²) in [5.41, 5.74) is 7.46. The van der Waals surface area contributed by atoms with Crippen LogP contribution in [0, 0.1) is 0 Å². The van der Waals surface area contributed by atoms with Crippen molar-refractivity contribution in [3.05, 3.63) is 41.0 Å². The Bertz CT molecular complexity index is 639. The molecule has 1 aromatic carbocycles. The SMILES string of the molecule is NC(c1ccc2c(c1)CCO2)c1noc(C(F)(F)F)n1. The summed E-state index contributed by atoms with van der Waals surface area (Å²) in [5.74, 6) is -0.825. The lowest BCUT2D eigenvalue weighted by molar-refractivity contribution is -0.159. The maximum atomic E-state index is 12.4. The molecular formula is C12H10F3N3O2. The van der Waals surface area contributed by atoms with Gasteiger partial charge in [0, 0.05) is 6.42 Å². The monoisotopic (exact) mass is 285 g/mol. The van der Waals surface area contributed by atoms with E-state index in [1.807, 2.05) is 0 Å². The molecule has 106 valence electrons. The lowest BCUT2D eigenvalue weighted by Crippen LogP contribution is -2.14. The first-order valence-corrected chi connectivity index (χ1v) is 5.87. The highest BCUT2D eigenvalue weighted by Crippen LogP contribution is 2.31. The molecule has 0 saturated carbocycles. The van der Waals surface area contributed by atoms with Crippen molar-refractivity contribution in [3.63, 3.8) is 0 Å². The Balaban J connectivity index is 1.89. The smallest absolute Gasteiger partial charge is 0.471 e. The van der Waals surface area contributed by atoms with Crippen LogP contribution in [0.25, 0.3) is 0 Å². The lowest BCUT2D eigenvalue weighted by atomic mass is 10.0. The molecule has 1 aliphatic heterocycles. The fourth-order valence-corrected chi connectivity index (χ4v) is 2.03. The van der Waals surface area contributed by atoms with Crippen LogP contribution < -0.4 is 10.5 Å². The van der Waals surface area contributed by atoms with Gasteiger partial charge < -0.3 is 15.0 Å². The molecule has 1 aliphatic rings. The van der Waals surface area contributed by atoms with Crippen LogP contribution in [0.4, 0.5) is 13.2 Å². The summed E-state index contributed by atoms with van der Waals surface area (Å²) in [4.78, 5) is 3.29. The van der Waals surface area contributed by atoms with Gasteiger partial charge in [0.15, 0.2) is 5.82 Å². The van der Waals surface area contributed by atoms with Crippen molar-refractivity contribution in [3.8, 4) is 5.75 Å². The second kappa shape index (κ2) is 4.48. The van der Waals surface area contributed by atoms with Gasteiger partial charge in [-0.15, -0.1) is 0 Å². The minimum Gasteiger partial charge on any atom is -0.493 e. The number of fused-ring (bicyclic) bond motifs is 1. The molecule has 20 heavy (non-hydrogen) atoms. The Labute approximate surface area is 111 Å². The van der Waals surface area contributed by atoms with E-state index in [0.717, 1.165) is 17.7 Å². The Morgan fingerprint density at radius 1 is 1.30 bits per heavy atom. The zero-order chi connectivity index (χ0) is 14.3. The fourth-order valence-electron chi connectivity index (χ4n) is 2.03. The molecule has 1 atom stereocenters. The van der Waals surface area contributed by atoms with E-state index in [1.165, 1.54) is 0 Å². The summed E-state index contributed by atoms with van der Waals surface area (Å²) in [6, 6.07) is 4.33. The molecule has 2 aromatic rings. The van der Waals surface area contributed by atoms with Gasteiger partial charge in [-0.25, -0.2) is 0 Å². The van der Waals surface area contributed by atoms with Gasteiger partial charge >= 0.3 is 12.1 Å². The Morgan fingerprint density at radius 3 is 2.80 bits per heavy atom. The third-order valence-corrected chi connectivity index (χ3v) is 3.04. The van der Waals surface area contributed by atoms with Gasteiger partial charge in [0.2, 0.25) is 0 Å². The maximum absolute atomic E-state index is 12.4. The minimum absolute atomic E-state index is 0.198. The molecule has 2 N–H and O–H groups in total. The van der Waals surface area contributed by atoms with E-state index >= 15 is 0 Å². The van der Waals surface area contributed by atoms with E-state index < -0.39 is 18.1 Å². The van der Waals surface area contributed by atoms with Crippen molar-refractivity contribution in [2.75, 3.05) is 6.61 Å². The number of rotatable bonds is 2. The molecule has 2 heterocycles. The number of halogens is 3. The summed E-state index contributed by atoms with van der Waals surface area (Å²) in [7, 11) is 0. The predicted octanol–water partition coefficient (Wildman–Crippen LogP) is 2.07. The molecule has 0 bridgehead atoms. The highest BCUT2D eigenvalue weighted by molar-refractivity contribution is 5.41. The van der Waals surface area contributed by atoms with Crippen molar-refractivity contribution < 1.29 is 22.4 Å². The van der Waals surface area contributed by atoms with E-state index in [4.69, 9.17) is 10.5 Å². The molecule has 0 spiro atoms. The van der Waals surface area contributed by atoms with Crippen molar-refractivity contribution in [1.29, 1.82) is 0 Å². The molecule has 5 nitrogen and oxygen atoms in total. The number of nitrogens with zero attached hydrogens (tertiary/aromatic N) is 2. The predicted molar refractivity (Wildman–Crippen MR) is 61.0 cm³/mol. The Hall–Kier alpha value is -2.09. The molecule has 1 aromatic heterocycles. The molecule has 0 aliphatic carbocycles. The average Bonchev–Trinajstić information content (AvgIpc) is 3.05. The zero-order valence-corrected chi connectivity index (χ0v) is 10.1. The first-order valence-electron chi connectivity index (χ1n) is 5.87. The quantitative estimate of drug-likeness (QED) is 0.914. The van der Waals surface area contributed by atoms with Gasteiger partial charge in [-0.1, -0.05) is 11.2 Å². The standard InChI is InChI=1S/C12H10F3N3O2/c13-12(14,15)11-17-10(18-20-11)9(16)7-1-2-8-6(5-7)3-4-19-8/h1-2,5,9H,3-4,16H2. The molecule has 0 amide bonds. The van der Waals surface area contributed by atoms with Crippen molar-refractivity contribution >= 4 is 0 Å².